The van der Waals surface area contributed by atoms with E-state index in [9.17, 15) is 8.42 Å². The van der Waals surface area contributed by atoms with Gasteiger partial charge < -0.3 is 9.84 Å². The minimum atomic E-state index is -3.71. The van der Waals surface area contributed by atoms with Crippen molar-refractivity contribution in [1.82, 2.24) is 8.96 Å². The summed E-state index contributed by atoms with van der Waals surface area (Å²) in [5.41, 5.74) is 2.47. The normalized spacial score (nSPS) is 14.5. The molecule has 4 rings (SSSR count). The van der Waals surface area contributed by atoms with E-state index in [1.165, 1.54) is 23.9 Å². The number of benzene rings is 1. The Morgan fingerprint density at radius 1 is 1.21 bits per heavy atom. The summed E-state index contributed by atoms with van der Waals surface area (Å²) >= 11 is 0. The SMILES string of the molecule is COc1cccc(S(=O)(=O)n2cc(C3CCCC3)c3ncccc32)c1.O=CO. The molecule has 1 N–H and O–H groups in total. The van der Waals surface area contributed by atoms with Crippen LogP contribution in [0.25, 0.3) is 11.0 Å². The molecule has 1 saturated carbocycles. The van der Waals surface area contributed by atoms with Gasteiger partial charge in [-0.1, -0.05) is 18.9 Å². The molecule has 0 aliphatic heterocycles. The van der Waals surface area contributed by atoms with Crippen LogP contribution in [0.15, 0.2) is 53.7 Å². The van der Waals surface area contributed by atoms with Crippen LogP contribution in [0.4, 0.5) is 0 Å². The Balaban J connectivity index is 0.000000706. The fraction of sp³-hybridized carbons (Fsp3) is 0.300. The summed E-state index contributed by atoms with van der Waals surface area (Å²) in [5.74, 6) is 0.908. The van der Waals surface area contributed by atoms with E-state index in [4.69, 9.17) is 14.6 Å². The first kappa shape index (κ1) is 19.9. The van der Waals surface area contributed by atoms with Crippen molar-refractivity contribution in [3.05, 3.63) is 54.4 Å². The Morgan fingerprint density at radius 3 is 2.61 bits per heavy atom. The van der Waals surface area contributed by atoms with Crippen molar-refractivity contribution in [2.45, 2.75) is 36.5 Å². The summed E-state index contributed by atoms with van der Waals surface area (Å²) in [6.45, 7) is -0.250. The van der Waals surface area contributed by atoms with Crippen molar-refractivity contribution in [1.29, 1.82) is 0 Å². The van der Waals surface area contributed by atoms with Crippen molar-refractivity contribution < 1.29 is 23.1 Å². The molecule has 1 aliphatic carbocycles. The zero-order chi connectivity index (χ0) is 20.1. The first-order chi connectivity index (χ1) is 13.5. The molecule has 3 aromatic rings. The minimum absolute atomic E-state index is 0.213. The van der Waals surface area contributed by atoms with Crippen LogP contribution in [0.3, 0.4) is 0 Å². The summed E-state index contributed by atoms with van der Waals surface area (Å²) in [4.78, 5) is 13.1. The summed E-state index contributed by atoms with van der Waals surface area (Å²) < 4.78 is 33.0. The number of fused-ring (bicyclic) bond motifs is 1. The number of carbonyl (C=O) groups is 1. The van der Waals surface area contributed by atoms with E-state index >= 15 is 0 Å². The van der Waals surface area contributed by atoms with Crippen LogP contribution in [0.1, 0.15) is 37.2 Å². The molecule has 28 heavy (non-hydrogen) atoms. The van der Waals surface area contributed by atoms with Crippen molar-refractivity contribution in [2.75, 3.05) is 7.11 Å². The molecule has 1 fully saturated rings. The predicted molar refractivity (Wildman–Crippen MR) is 105 cm³/mol. The van der Waals surface area contributed by atoms with Gasteiger partial charge in [-0.2, -0.15) is 0 Å². The standard InChI is InChI=1S/C19H20N2O3S.CH2O2/c1-24-15-8-4-9-16(12-15)25(22,23)21-13-17(14-6-2-3-7-14)19-18(21)10-5-11-20-19;2-1-3/h4-5,8-14H,2-3,6-7H2,1H3;1H,(H,2,3). The van der Waals surface area contributed by atoms with Gasteiger partial charge in [-0.15, -0.1) is 0 Å². The number of carboxylic acid groups (broad SMARTS) is 1. The Bertz CT molecular complexity index is 1070. The van der Waals surface area contributed by atoms with Crippen molar-refractivity contribution in [3.8, 4) is 5.75 Å². The number of hydrogen-bond acceptors (Lipinski definition) is 5. The van der Waals surface area contributed by atoms with Crippen molar-refractivity contribution in [3.63, 3.8) is 0 Å². The second kappa shape index (κ2) is 8.43. The molecule has 0 bridgehead atoms. The minimum Gasteiger partial charge on any atom is -0.497 e. The quantitative estimate of drug-likeness (QED) is 0.669. The van der Waals surface area contributed by atoms with Crippen LogP contribution in [-0.4, -0.2) is 36.1 Å². The van der Waals surface area contributed by atoms with E-state index in [0.717, 1.165) is 23.9 Å². The van der Waals surface area contributed by atoms with E-state index in [2.05, 4.69) is 4.98 Å². The fourth-order valence-corrected chi connectivity index (χ4v) is 5.07. The number of aromatic nitrogens is 2. The highest BCUT2D eigenvalue weighted by Gasteiger charge is 2.27. The molecule has 2 aromatic heterocycles. The first-order valence-electron chi connectivity index (χ1n) is 8.96. The number of pyridine rings is 1. The Kier molecular flexibility index (Phi) is 5.99. The summed E-state index contributed by atoms with van der Waals surface area (Å²) in [6.07, 6.45) is 8.05. The molecule has 0 saturated heterocycles. The fourth-order valence-electron chi connectivity index (χ4n) is 3.66. The number of hydrogen-bond donors (Lipinski definition) is 1. The van der Waals surface area contributed by atoms with E-state index in [0.29, 0.717) is 17.2 Å². The molecule has 0 unspecified atom stereocenters. The second-order valence-corrected chi connectivity index (χ2v) is 8.34. The average molecular weight is 402 g/mol. The number of ether oxygens (including phenoxy) is 1. The topological polar surface area (TPSA) is 98.5 Å². The average Bonchev–Trinajstić information content (AvgIpc) is 3.36. The number of rotatable bonds is 4. The molecule has 0 atom stereocenters. The van der Waals surface area contributed by atoms with Crippen LogP contribution < -0.4 is 4.74 Å². The largest absolute Gasteiger partial charge is 0.497 e. The Morgan fingerprint density at radius 2 is 1.93 bits per heavy atom. The highest BCUT2D eigenvalue weighted by Crippen LogP contribution is 2.38. The molecular weight excluding hydrogens is 380 g/mol. The summed E-state index contributed by atoms with van der Waals surface area (Å²) in [7, 11) is -2.18. The highest BCUT2D eigenvalue weighted by atomic mass is 32.2. The van der Waals surface area contributed by atoms with Gasteiger partial charge in [0.1, 0.15) is 5.75 Å². The number of methoxy groups -OCH3 is 1. The van der Waals surface area contributed by atoms with E-state index in [1.54, 1.807) is 42.7 Å². The van der Waals surface area contributed by atoms with Gasteiger partial charge in [-0.3, -0.25) is 9.78 Å². The smallest absolute Gasteiger partial charge is 0.290 e. The van der Waals surface area contributed by atoms with Crippen LogP contribution in [0.5, 0.6) is 5.75 Å². The Hall–Kier alpha value is -2.87. The van der Waals surface area contributed by atoms with Crippen LogP contribution in [0, 0.1) is 0 Å². The number of nitrogens with zero attached hydrogens (tertiary/aromatic N) is 2. The molecule has 2 heterocycles. The van der Waals surface area contributed by atoms with Gasteiger partial charge in [0.25, 0.3) is 16.5 Å². The van der Waals surface area contributed by atoms with Gasteiger partial charge in [0.15, 0.2) is 0 Å². The predicted octanol–water partition coefficient (Wildman–Crippen LogP) is 3.64. The lowest BCUT2D eigenvalue weighted by Gasteiger charge is -2.09. The van der Waals surface area contributed by atoms with Gasteiger partial charge in [0, 0.05) is 24.0 Å². The molecule has 0 amide bonds. The molecule has 8 heteroatoms. The zero-order valence-electron chi connectivity index (χ0n) is 15.5. The lowest BCUT2D eigenvalue weighted by molar-refractivity contribution is -0.122. The first-order valence-corrected chi connectivity index (χ1v) is 10.4. The highest BCUT2D eigenvalue weighted by molar-refractivity contribution is 7.90. The van der Waals surface area contributed by atoms with E-state index in [1.807, 2.05) is 6.07 Å². The molecule has 7 nitrogen and oxygen atoms in total. The summed E-state index contributed by atoms with van der Waals surface area (Å²) in [5, 5.41) is 6.89. The zero-order valence-corrected chi connectivity index (χ0v) is 16.3. The maximum absolute atomic E-state index is 13.2. The summed E-state index contributed by atoms with van der Waals surface area (Å²) in [6, 6.07) is 10.2. The lowest BCUT2D eigenvalue weighted by atomic mass is 10.00. The maximum atomic E-state index is 13.2. The molecule has 0 radical (unpaired) electrons. The van der Waals surface area contributed by atoms with Gasteiger partial charge in [0.05, 0.1) is 23.0 Å². The third-order valence-corrected chi connectivity index (χ3v) is 6.62. The van der Waals surface area contributed by atoms with Crippen molar-refractivity contribution >= 4 is 27.5 Å². The molecule has 1 aliphatic rings. The molecule has 148 valence electrons. The molecule has 1 aromatic carbocycles. The van der Waals surface area contributed by atoms with Crippen LogP contribution >= 0.6 is 0 Å². The van der Waals surface area contributed by atoms with Gasteiger partial charge in [-0.25, -0.2) is 12.4 Å². The maximum Gasteiger partial charge on any atom is 0.290 e. The van der Waals surface area contributed by atoms with Crippen LogP contribution in [-0.2, 0) is 14.8 Å². The van der Waals surface area contributed by atoms with Crippen molar-refractivity contribution in [2.24, 2.45) is 0 Å². The van der Waals surface area contributed by atoms with Crippen LogP contribution in [0.2, 0.25) is 0 Å². The van der Waals surface area contributed by atoms with E-state index in [-0.39, 0.29) is 11.4 Å². The lowest BCUT2D eigenvalue weighted by Crippen LogP contribution is -2.12. The Labute approximate surface area is 163 Å². The third-order valence-electron chi connectivity index (χ3n) is 4.95. The molecular formula is C20H22N2O5S. The van der Waals surface area contributed by atoms with E-state index < -0.39 is 10.0 Å². The monoisotopic (exact) mass is 402 g/mol. The van der Waals surface area contributed by atoms with Gasteiger partial charge in [-0.05, 0) is 43.0 Å². The molecule has 0 spiro atoms. The van der Waals surface area contributed by atoms with Gasteiger partial charge in [0.2, 0.25) is 0 Å². The third kappa shape index (κ3) is 3.73. The second-order valence-electron chi connectivity index (χ2n) is 6.52. The van der Waals surface area contributed by atoms with Gasteiger partial charge >= 0.3 is 0 Å².